The van der Waals surface area contributed by atoms with Crippen molar-refractivity contribution >= 4 is 11.0 Å². The molecule has 3 aromatic heterocycles. The highest BCUT2D eigenvalue weighted by Gasteiger charge is 2.14. The van der Waals surface area contributed by atoms with Crippen LogP contribution in [0.3, 0.4) is 0 Å². The van der Waals surface area contributed by atoms with E-state index < -0.39 is 0 Å². The van der Waals surface area contributed by atoms with Crippen molar-refractivity contribution in [2.45, 2.75) is 0 Å². The third-order valence-electron chi connectivity index (χ3n) is 5.51. The van der Waals surface area contributed by atoms with Crippen molar-refractivity contribution in [3.05, 3.63) is 110 Å². The normalized spacial score (nSPS) is 11.0. The fourth-order valence-corrected chi connectivity index (χ4v) is 3.93. The number of rotatable bonds is 4. The number of fused-ring (bicyclic) bond motifs is 1. The van der Waals surface area contributed by atoms with E-state index in [1.54, 1.807) is 12.5 Å². The van der Waals surface area contributed by atoms with Crippen molar-refractivity contribution in [3.63, 3.8) is 0 Å². The van der Waals surface area contributed by atoms with Crippen LogP contribution in [0.4, 0.5) is 0 Å². The lowest BCUT2D eigenvalue weighted by atomic mass is 10.0. The molecule has 0 aliphatic heterocycles. The molecule has 156 valence electrons. The van der Waals surface area contributed by atoms with E-state index in [1.807, 2.05) is 79.1 Å². The molecule has 3 heterocycles. The predicted molar refractivity (Wildman–Crippen MR) is 129 cm³/mol. The third kappa shape index (κ3) is 3.53. The highest BCUT2D eigenvalue weighted by molar-refractivity contribution is 5.82. The average Bonchev–Trinajstić information content (AvgIpc) is 3.33. The van der Waals surface area contributed by atoms with Gasteiger partial charge >= 0.3 is 0 Å². The van der Waals surface area contributed by atoms with Crippen LogP contribution >= 0.6 is 0 Å². The van der Waals surface area contributed by atoms with E-state index in [-0.39, 0.29) is 0 Å². The predicted octanol–water partition coefficient (Wildman–Crippen LogP) is 5.61. The van der Waals surface area contributed by atoms with Crippen molar-refractivity contribution in [3.8, 4) is 39.7 Å². The van der Waals surface area contributed by atoms with E-state index in [1.165, 1.54) is 0 Å². The molecule has 0 aliphatic carbocycles. The Bertz CT molecular complexity index is 1560. The molecule has 0 N–H and O–H groups in total. The Hall–Kier alpha value is -4.71. The Morgan fingerprint density at radius 2 is 1.39 bits per heavy atom. The zero-order chi connectivity index (χ0) is 22.0. The highest BCUT2D eigenvalue weighted by Crippen LogP contribution is 2.32. The zero-order valence-corrected chi connectivity index (χ0v) is 17.6. The largest absolute Gasteiger partial charge is 0.298 e. The van der Waals surface area contributed by atoms with Gasteiger partial charge < -0.3 is 0 Å². The van der Waals surface area contributed by atoms with E-state index in [0.29, 0.717) is 11.6 Å². The molecule has 0 saturated carbocycles. The lowest BCUT2D eigenvalue weighted by Crippen LogP contribution is -1.99. The van der Waals surface area contributed by atoms with Crippen LogP contribution in [0.5, 0.6) is 0 Å². The summed E-state index contributed by atoms with van der Waals surface area (Å²) in [7, 11) is 0. The van der Waals surface area contributed by atoms with E-state index in [2.05, 4.69) is 42.7 Å². The summed E-state index contributed by atoms with van der Waals surface area (Å²) >= 11 is 0. The molecule has 6 rings (SSSR count). The molecule has 6 aromatic rings. The molecule has 0 unspecified atom stereocenters. The molecular formula is C27H18N6. The quantitative estimate of drug-likeness (QED) is 0.367. The van der Waals surface area contributed by atoms with Gasteiger partial charge in [-0.1, -0.05) is 48.5 Å². The van der Waals surface area contributed by atoms with Crippen LogP contribution in [-0.2, 0) is 0 Å². The van der Waals surface area contributed by atoms with E-state index in [0.717, 1.165) is 39.1 Å². The van der Waals surface area contributed by atoms with Crippen molar-refractivity contribution in [2.75, 3.05) is 0 Å². The number of hydrogen-bond donors (Lipinski definition) is 0. The fraction of sp³-hybridized carbons (Fsp3) is 0. The van der Waals surface area contributed by atoms with Gasteiger partial charge in [-0.05, 0) is 42.5 Å². The highest BCUT2D eigenvalue weighted by atomic mass is 15.1. The van der Waals surface area contributed by atoms with Crippen LogP contribution in [0.1, 0.15) is 0 Å². The Morgan fingerprint density at radius 3 is 2.24 bits per heavy atom. The first-order valence-electron chi connectivity index (χ1n) is 10.6. The lowest BCUT2D eigenvalue weighted by Gasteiger charge is -2.13. The molecule has 3 aromatic carbocycles. The van der Waals surface area contributed by atoms with Gasteiger partial charge in [-0.25, -0.2) is 19.9 Å². The van der Waals surface area contributed by atoms with Crippen LogP contribution in [-0.4, -0.2) is 29.5 Å². The number of pyridine rings is 1. The maximum Gasteiger partial charge on any atom is 0.163 e. The Labute approximate surface area is 190 Å². The molecule has 0 radical (unpaired) electrons. The SMILES string of the molecule is c1ccc(-c2ncnc(-c3ccc(-n4cnc5ccccc54)c(-c4ccccn4)c3)n2)cc1. The molecule has 0 aliphatic rings. The Kier molecular flexibility index (Phi) is 4.66. The molecule has 0 bridgehead atoms. The molecular weight excluding hydrogens is 408 g/mol. The number of aromatic nitrogens is 6. The minimum absolute atomic E-state index is 0.614. The van der Waals surface area contributed by atoms with Crippen LogP contribution in [0.15, 0.2) is 110 Å². The molecule has 0 atom stereocenters. The molecule has 0 amide bonds. The summed E-state index contributed by atoms with van der Waals surface area (Å²) in [6, 6.07) is 30.1. The summed E-state index contributed by atoms with van der Waals surface area (Å²) in [4.78, 5) is 22.7. The first kappa shape index (κ1) is 19.0. The number of nitrogens with zero attached hydrogens (tertiary/aromatic N) is 6. The summed E-state index contributed by atoms with van der Waals surface area (Å²) in [5.41, 5.74) is 6.65. The summed E-state index contributed by atoms with van der Waals surface area (Å²) in [6.45, 7) is 0. The molecule has 33 heavy (non-hydrogen) atoms. The summed E-state index contributed by atoms with van der Waals surface area (Å²) in [6.07, 6.45) is 5.21. The number of hydrogen-bond acceptors (Lipinski definition) is 5. The summed E-state index contributed by atoms with van der Waals surface area (Å²) in [5.74, 6) is 1.26. The molecule has 0 saturated heterocycles. The van der Waals surface area contributed by atoms with E-state index in [9.17, 15) is 0 Å². The minimum Gasteiger partial charge on any atom is -0.298 e. The van der Waals surface area contributed by atoms with Gasteiger partial charge in [0.15, 0.2) is 11.6 Å². The fourth-order valence-electron chi connectivity index (χ4n) is 3.93. The minimum atomic E-state index is 0.614. The van der Waals surface area contributed by atoms with Crippen molar-refractivity contribution in [2.24, 2.45) is 0 Å². The van der Waals surface area contributed by atoms with Gasteiger partial charge in [0.1, 0.15) is 12.7 Å². The van der Waals surface area contributed by atoms with Gasteiger partial charge in [-0.15, -0.1) is 0 Å². The molecule has 6 nitrogen and oxygen atoms in total. The number of benzene rings is 3. The number of para-hydroxylation sites is 2. The van der Waals surface area contributed by atoms with Gasteiger partial charge in [0, 0.05) is 22.9 Å². The van der Waals surface area contributed by atoms with Crippen molar-refractivity contribution < 1.29 is 0 Å². The monoisotopic (exact) mass is 426 g/mol. The zero-order valence-electron chi connectivity index (χ0n) is 17.6. The first-order valence-corrected chi connectivity index (χ1v) is 10.6. The van der Waals surface area contributed by atoms with Crippen LogP contribution < -0.4 is 0 Å². The second kappa shape index (κ2) is 8.09. The Balaban J connectivity index is 1.52. The van der Waals surface area contributed by atoms with Crippen molar-refractivity contribution in [1.29, 1.82) is 0 Å². The molecule has 6 heteroatoms. The van der Waals surface area contributed by atoms with Crippen molar-refractivity contribution in [1.82, 2.24) is 29.5 Å². The van der Waals surface area contributed by atoms with Gasteiger partial charge in [0.25, 0.3) is 0 Å². The maximum absolute atomic E-state index is 4.73. The van der Waals surface area contributed by atoms with Gasteiger partial charge in [-0.3, -0.25) is 9.55 Å². The van der Waals surface area contributed by atoms with Crippen LogP contribution in [0.2, 0.25) is 0 Å². The van der Waals surface area contributed by atoms with Gasteiger partial charge in [-0.2, -0.15) is 0 Å². The summed E-state index contributed by atoms with van der Waals surface area (Å²) in [5, 5.41) is 0. The number of imidazole rings is 1. The maximum atomic E-state index is 4.73. The second-order valence-electron chi connectivity index (χ2n) is 7.55. The Morgan fingerprint density at radius 1 is 0.606 bits per heavy atom. The smallest absolute Gasteiger partial charge is 0.163 e. The van der Waals surface area contributed by atoms with Gasteiger partial charge in [0.05, 0.1) is 22.4 Å². The lowest BCUT2D eigenvalue weighted by molar-refractivity contribution is 1.06. The molecule has 0 fully saturated rings. The van der Waals surface area contributed by atoms with E-state index >= 15 is 0 Å². The summed E-state index contributed by atoms with van der Waals surface area (Å²) < 4.78 is 2.09. The van der Waals surface area contributed by atoms with E-state index in [4.69, 9.17) is 4.98 Å². The van der Waals surface area contributed by atoms with Crippen LogP contribution in [0, 0.1) is 0 Å². The standard InChI is InChI=1S/C27H18N6/c1-2-8-19(9-3-1)26-29-17-30-27(32-26)20-13-14-24(21(16-20)22-10-6-7-15-28-22)33-18-31-23-11-4-5-12-25(23)33/h1-18H. The van der Waals surface area contributed by atoms with Gasteiger partial charge in [0.2, 0.25) is 0 Å². The van der Waals surface area contributed by atoms with Crippen LogP contribution in [0.25, 0.3) is 50.8 Å². The molecule has 0 spiro atoms. The first-order chi connectivity index (χ1) is 16.4. The average molecular weight is 426 g/mol. The topological polar surface area (TPSA) is 69.4 Å². The second-order valence-corrected chi connectivity index (χ2v) is 7.55. The third-order valence-corrected chi connectivity index (χ3v) is 5.51.